The maximum atomic E-state index is 9.40. The first kappa shape index (κ1) is 14.1. The average molecular weight is 265 g/mol. The molecule has 0 aliphatic rings. The molecule has 0 aliphatic carbocycles. The molecule has 0 atom stereocenters. The Labute approximate surface area is 120 Å². The monoisotopic (exact) mass is 265 g/mol. The van der Waals surface area contributed by atoms with Crippen LogP contribution in [0.5, 0.6) is 0 Å². The number of nitrogens with two attached hydrogens (primary N) is 1. The van der Waals surface area contributed by atoms with Crippen molar-refractivity contribution in [3.05, 3.63) is 46.6 Å². The van der Waals surface area contributed by atoms with Crippen LogP contribution < -0.4 is 5.73 Å². The van der Waals surface area contributed by atoms with Gasteiger partial charge in [-0.2, -0.15) is 5.26 Å². The number of hydrogen-bond donors (Lipinski definition) is 1. The van der Waals surface area contributed by atoms with Gasteiger partial charge in [0.25, 0.3) is 0 Å². The molecule has 0 unspecified atom stereocenters. The highest BCUT2D eigenvalue weighted by Gasteiger charge is 2.16. The van der Waals surface area contributed by atoms with Crippen molar-refractivity contribution in [1.29, 1.82) is 5.26 Å². The third-order valence-corrected chi connectivity index (χ3v) is 3.65. The molecule has 2 aromatic rings. The van der Waals surface area contributed by atoms with Gasteiger partial charge in [0, 0.05) is 11.3 Å². The molecule has 0 radical (unpaired) electrons. The first-order valence-electron chi connectivity index (χ1n) is 6.90. The molecule has 0 bridgehead atoms. The zero-order valence-electron chi connectivity index (χ0n) is 12.2. The Morgan fingerprint density at radius 3 is 2.30 bits per heavy atom. The molecule has 2 N–H and O–H groups in total. The van der Waals surface area contributed by atoms with Crippen LogP contribution in [0.25, 0.3) is 11.1 Å². The number of aromatic nitrogens is 1. The van der Waals surface area contributed by atoms with Gasteiger partial charge in [0.1, 0.15) is 17.5 Å². The fraction of sp³-hybridized carbons (Fsp3) is 0.294. The standard InChI is InChI=1S/C17H19N3/c1-4-12-6-8-13(9-7-12)16-14(5-2)11(3)20-17(19)15(16)10-18/h6-9H,4-5H2,1-3H3,(H2,19,20). The number of hydrogen-bond acceptors (Lipinski definition) is 3. The summed E-state index contributed by atoms with van der Waals surface area (Å²) in [6.45, 7) is 6.15. The number of rotatable bonds is 3. The van der Waals surface area contributed by atoms with Gasteiger partial charge in [0.15, 0.2) is 0 Å². The number of pyridine rings is 1. The van der Waals surface area contributed by atoms with E-state index in [9.17, 15) is 5.26 Å². The summed E-state index contributed by atoms with van der Waals surface area (Å²) in [6, 6.07) is 10.5. The van der Waals surface area contributed by atoms with Crippen LogP contribution in [0.15, 0.2) is 24.3 Å². The molecule has 2 rings (SSSR count). The number of nitrogen functional groups attached to an aromatic ring is 1. The van der Waals surface area contributed by atoms with E-state index >= 15 is 0 Å². The number of aryl methyl sites for hydroxylation is 2. The van der Waals surface area contributed by atoms with E-state index in [1.165, 1.54) is 5.56 Å². The van der Waals surface area contributed by atoms with Crippen LogP contribution in [0, 0.1) is 18.3 Å². The SMILES string of the molecule is CCc1ccc(-c2c(C#N)c(N)nc(C)c2CC)cc1. The summed E-state index contributed by atoms with van der Waals surface area (Å²) in [6.07, 6.45) is 1.84. The summed E-state index contributed by atoms with van der Waals surface area (Å²) >= 11 is 0. The predicted molar refractivity (Wildman–Crippen MR) is 82.3 cm³/mol. The second-order valence-corrected chi connectivity index (χ2v) is 4.83. The van der Waals surface area contributed by atoms with Gasteiger partial charge in [-0.25, -0.2) is 4.98 Å². The van der Waals surface area contributed by atoms with Gasteiger partial charge in [-0.1, -0.05) is 38.1 Å². The fourth-order valence-corrected chi connectivity index (χ4v) is 2.54. The van der Waals surface area contributed by atoms with E-state index in [1.807, 2.05) is 6.92 Å². The summed E-state index contributed by atoms with van der Waals surface area (Å²) in [5.41, 5.74) is 11.6. The van der Waals surface area contributed by atoms with E-state index in [2.05, 4.69) is 49.2 Å². The van der Waals surface area contributed by atoms with Crippen LogP contribution in [0.1, 0.15) is 36.2 Å². The highest BCUT2D eigenvalue weighted by Crippen LogP contribution is 2.32. The van der Waals surface area contributed by atoms with E-state index < -0.39 is 0 Å². The van der Waals surface area contributed by atoms with Crippen LogP contribution in [0.4, 0.5) is 5.82 Å². The number of nitrogens with zero attached hydrogens (tertiary/aromatic N) is 2. The molecule has 1 aromatic heterocycles. The maximum Gasteiger partial charge on any atom is 0.142 e. The third-order valence-electron chi connectivity index (χ3n) is 3.65. The smallest absolute Gasteiger partial charge is 0.142 e. The van der Waals surface area contributed by atoms with Crippen LogP contribution in [-0.4, -0.2) is 4.98 Å². The van der Waals surface area contributed by atoms with Crippen LogP contribution in [0.3, 0.4) is 0 Å². The maximum absolute atomic E-state index is 9.40. The lowest BCUT2D eigenvalue weighted by Crippen LogP contribution is -2.05. The molecule has 0 spiro atoms. The van der Waals surface area contributed by atoms with Gasteiger partial charge in [-0.15, -0.1) is 0 Å². The molecule has 0 saturated carbocycles. The predicted octanol–water partition coefficient (Wildman–Crippen LogP) is 3.64. The molecule has 0 aliphatic heterocycles. The fourth-order valence-electron chi connectivity index (χ4n) is 2.54. The lowest BCUT2D eigenvalue weighted by atomic mass is 9.92. The summed E-state index contributed by atoms with van der Waals surface area (Å²) < 4.78 is 0. The highest BCUT2D eigenvalue weighted by atomic mass is 14.8. The first-order chi connectivity index (χ1) is 9.62. The molecule has 3 nitrogen and oxygen atoms in total. The average Bonchev–Trinajstić information content (AvgIpc) is 2.46. The first-order valence-corrected chi connectivity index (χ1v) is 6.90. The van der Waals surface area contributed by atoms with E-state index in [0.29, 0.717) is 11.4 Å². The molecule has 0 amide bonds. The second kappa shape index (κ2) is 5.75. The zero-order valence-corrected chi connectivity index (χ0v) is 12.2. The van der Waals surface area contributed by atoms with Crippen molar-refractivity contribution >= 4 is 5.82 Å². The minimum atomic E-state index is 0.316. The Morgan fingerprint density at radius 2 is 1.80 bits per heavy atom. The van der Waals surface area contributed by atoms with Gasteiger partial charge in [-0.3, -0.25) is 0 Å². The van der Waals surface area contributed by atoms with Gasteiger partial charge in [-0.05, 0) is 36.5 Å². The van der Waals surface area contributed by atoms with E-state index in [-0.39, 0.29) is 0 Å². The normalized spacial score (nSPS) is 10.3. The number of nitriles is 1. The second-order valence-electron chi connectivity index (χ2n) is 4.83. The largest absolute Gasteiger partial charge is 0.383 e. The Hall–Kier alpha value is -2.34. The molecule has 102 valence electrons. The van der Waals surface area contributed by atoms with E-state index in [4.69, 9.17) is 5.73 Å². The molecule has 1 aromatic carbocycles. The Balaban J connectivity index is 2.73. The lowest BCUT2D eigenvalue weighted by Gasteiger charge is -2.15. The Morgan fingerprint density at radius 1 is 1.15 bits per heavy atom. The molecular weight excluding hydrogens is 246 g/mol. The molecular formula is C17H19N3. The van der Waals surface area contributed by atoms with Gasteiger partial charge in [0.2, 0.25) is 0 Å². The molecule has 0 fully saturated rings. The van der Waals surface area contributed by atoms with Crippen molar-refractivity contribution < 1.29 is 0 Å². The molecule has 3 heteroatoms. The number of benzene rings is 1. The topological polar surface area (TPSA) is 62.7 Å². The van der Waals surface area contributed by atoms with Crippen LogP contribution >= 0.6 is 0 Å². The third kappa shape index (κ3) is 2.37. The molecule has 0 saturated heterocycles. The van der Waals surface area contributed by atoms with Gasteiger partial charge < -0.3 is 5.73 Å². The van der Waals surface area contributed by atoms with Crippen LogP contribution in [0.2, 0.25) is 0 Å². The van der Waals surface area contributed by atoms with Crippen molar-refractivity contribution in [2.45, 2.75) is 33.6 Å². The minimum absolute atomic E-state index is 0.316. The zero-order chi connectivity index (χ0) is 14.7. The summed E-state index contributed by atoms with van der Waals surface area (Å²) in [4.78, 5) is 4.29. The van der Waals surface area contributed by atoms with Crippen molar-refractivity contribution in [2.24, 2.45) is 0 Å². The summed E-state index contributed by atoms with van der Waals surface area (Å²) in [5.74, 6) is 0.316. The van der Waals surface area contributed by atoms with Crippen molar-refractivity contribution in [3.8, 4) is 17.2 Å². The molecule has 1 heterocycles. The van der Waals surface area contributed by atoms with Gasteiger partial charge in [0.05, 0.1) is 0 Å². The molecule has 20 heavy (non-hydrogen) atoms. The van der Waals surface area contributed by atoms with Crippen LogP contribution in [-0.2, 0) is 12.8 Å². The summed E-state index contributed by atoms with van der Waals surface area (Å²) in [7, 11) is 0. The quantitative estimate of drug-likeness (QED) is 0.921. The Kier molecular flexibility index (Phi) is 4.05. The van der Waals surface area contributed by atoms with Gasteiger partial charge >= 0.3 is 0 Å². The van der Waals surface area contributed by atoms with Crippen molar-refractivity contribution in [1.82, 2.24) is 4.98 Å². The van der Waals surface area contributed by atoms with E-state index in [0.717, 1.165) is 35.2 Å². The van der Waals surface area contributed by atoms with Crippen molar-refractivity contribution in [3.63, 3.8) is 0 Å². The number of anilines is 1. The Bertz CT molecular complexity index is 664. The van der Waals surface area contributed by atoms with E-state index in [1.54, 1.807) is 0 Å². The minimum Gasteiger partial charge on any atom is -0.383 e. The highest BCUT2D eigenvalue weighted by molar-refractivity contribution is 5.79. The lowest BCUT2D eigenvalue weighted by molar-refractivity contribution is 1.05. The van der Waals surface area contributed by atoms with Crippen molar-refractivity contribution in [2.75, 3.05) is 5.73 Å². The summed E-state index contributed by atoms with van der Waals surface area (Å²) in [5, 5.41) is 9.40.